The van der Waals surface area contributed by atoms with Crippen LogP contribution in [0.4, 0.5) is 4.39 Å². The Morgan fingerprint density at radius 2 is 2.19 bits per heavy atom. The Morgan fingerprint density at radius 3 is 2.86 bits per heavy atom. The summed E-state index contributed by atoms with van der Waals surface area (Å²) in [6, 6.07) is 6.66. The van der Waals surface area contributed by atoms with Gasteiger partial charge in [-0.05, 0) is 24.6 Å². The first kappa shape index (κ1) is 15.5. The van der Waals surface area contributed by atoms with Gasteiger partial charge in [-0.25, -0.2) is 4.39 Å². The van der Waals surface area contributed by atoms with Crippen LogP contribution in [-0.4, -0.2) is 25.4 Å². The first-order chi connectivity index (χ1) is 10.2. The second kappa shape index (κ2) is 7.75. The van der Waals surface area contributed by atoms with Crippen molar-refractivity contribution in [3.05, 3.63) is 47.1 Å². The summed E-state index contributed by atoms with van der Waals surface area (Å²) in [4.78, 5) is 0. The van der Waals surface area contributed by atoms with Crippen molar-refractivity contribution in [3.8, 4) is 5.75 Å². The van der Waals surface area contributed by atoms with E-state index in [2.05, 4.69) is 10.5 Å². The zero-order valence-electron chi connectivity index (χ0n) is 12.2. The molecule has 0 fully saturated rings. The first-order valence-electron chi connectivity index (χ1n) is 6.72. The van der Waals surface area contributed by atoms with Crippen LogP contribution in [-0.2, 0) is 17.9 Å². The van der Waals surface area contributed by atoms with Crippen molar-refractivity contribution < 1.29 is 18.4 Å². The van der Waals surface area contributed by atoms with Crippen LogP contribution in [0.15, 0.2) is 28.8 Å². The highest BCUT2D eigenvalue weighted by Gasteiger charge is 2.07. The van der Waals surface area contributed by atoms with E-state index in [0.717, 1.165) is 17.8 Å². The minimum Gasteiger partial charge on any atom is -0.482 e. The molecule has 0 aliphatic heterocycles. The van der Waals surface area contributed by atoms with E-state index in [4.69, 9.17) is 14.0 Å². The maximum Gasteiger partial charge on any atom is 0.174 e. The molecule has 0 saturated heterocycles. The van der Waals surface area contributed by atoms with Crippen molar-refractivity contribution in [1.82, 2.24) is 10.5 Å². The SMILES string of the molecule is COCCNCc1ccc(OCc2cc(C)no2)c(F)c1. The van der Waals surface area contributed by atoms with Gasteiger partial charge in [-0.15, -0.1) is 0 Å². The molecule has 2 rings (SSSR count). The number of methoxy groups -OCH3 is 1. The molecule has 1 heterocycles. The molecule has 0 aliphatic rings. The molecular weight excluding hydrogens is 275 g/mol. The average molecular weight is 294 g/mol. The second-order valence-electron chi connectivity index (χ2n) is 4.66. The van der Waals surface area contributed by atoms with Gasteiger partial charge in [-0.2, -0.15) is 0 Å². The third kappa shape index (κ3) is 4.84. The summed E-state index contributed by atoms with van der Waals surface area (Å²) >= 11 is 0. The number of benzene rings is 1. The standard InChI is InChI=1S/C15H19FN2O3/c1-11-7-13(21-18-11)10-20-15-4-3-12(8-14(15)16)9-17-5-6-19-2/h3-4,7-8,17H,5-6,9-10H2,1-2H3. The Morgan fingerprint density at radius 1 is 1.33 bits per heavy atom. The number of ether oxygens (including phenoxy) is 2. The number of nitrogens with one attached hydrogen (secondary N) is 1. The van der Waals surface area contributed by atoms with E-state index < -0.39 is 5.82 Å². The lowest BCUT2D eigenvalue weighted by Crippen LogP contribution is -2.18. The second-order valence-corrected chi connectivity index (χ2v) is 4.66. The molecule has 0 radical (unpaired) electrons. The average Bonchev–Trinajstić information content (AvgIpc) is 2.88. The fourth-order valence-electron chi connectivity index (χ4n) is 1.81. The van der Waals surface area contributed by atoms with Crippen LogP contribution < -0.4 is 10.1 Å². The summed E-state index contributed by atoms with van der Waals surface area (Å²) < 4.78 is 29.2. The van der Waals surface area contributed by atoms with E-state index in [9.17, 15) is 4.39 Å². The number of rotatable bonds is 8. The van der Waals surface area contributed by atoms with E-state index in [-0.39, 0.29) is 12.4 Å². The topological polar surface area (TPSA) is 56.5 Å². The molecule has 1 aromatic carbocycles. The molecule has 114 valence electrons. The van der Waals surface area contributed by atoms with Gasteiger partial charge >= 0.3 is 0 Å². The van der Waals surface area contributed by atoms with Crippen LogP contribution in [0.2, 0.25) is 0 Å². The lowest BCUT2D eigenvalue weighted by molar-refractivity contribution is 0.199. The molecule has 21 heavy (non-hydrogen) atoms. The summed E-state index contributed by atoms with van der Waals surface area (Å²) in [5.74, 6) is 0.374. The third-order valence-corrected chi connectivity index (χ3v) is 2.86. The highest BCUT2D eigenvalue weighted by molar-refractivity contribution is 5.29. The number of aromatic nitrogens is 1. The van der Waals surface area contributed by atoms with Gasteiger partial charge in [0.1, 0.15) is 6.61 Å². The van der Waals surface area contributed by atoms with Crippen LogP contribution in [0.3, 0.4) is 0 Å². The lowest BCUT2D eigenvalue weighted by Gasteiger charge is -2.08. The lowest BCUT2D eigenvalue weighted by atomic mass is 10.2. The quantitative estimate of drug-likeness (QED) is 0.758. The summed E-state index contributed by atoms with van der Waals surface area (Å²) in [5.41, 5.74) is 1.62. The molecule has 0 amide bonds. The van der Waals surface area contributed by atoms with Gasteiger partial charge in [0.2, 0.25) is 0 Å². The normalized spacial score (nSPS) is 10.8. The van der Waals surface area contributed by atoms with Gasteiger partial charge in [-0.1, -0.05) is 11.2 Å². The van der Waals surface area contributed by atoms with Gasteiger partial charge in [0.25, 0.3) is 0 Å². The number of hydrogen-bond acceptors (Lipinski definition) is 5. The molecule has 0 atom stereocenters. The minimum absolute atomic E-state index is 0.156. The fourth-order valence-corrected chi connectivity index (χ4v) is 1.81. The van der Waals surface area contributed by atoms with Crippen molar-refractivity contribution in [2.24, 2.45) is 0 Å². The Bertz CT molecular complexity index is 572. The highest BCUT2D eigenvalue weighted by Crippen LogP contribution is 2.19. The van der Waals surface area contributed by atoms with Gasteiger partial charge in [-0.3, -0.25) is 0 Å². The van der Waals surface area contributed by atoms with Gasteiger partial charge in [0.05, 0.1) is 12.3 Å². The molecule has 0 saturated carbocycles. The summed E-state index contributed by atoms with van der Waals surface area (Å²) in [6.07, 6.45) is 0. The summed E-state index contributed by atoms with van der Waals surface area (Å²) in [6.45, 7) is 3.91. The van der Waals surface area contributed by atoms with Crippen molar-refractivity contribution in [2.75, 3.05) is 20.3 Å². The molecular formula is C15H19FN2O3. The monoisotopic (exact) mass is 294 g/mol. The molecule has 0 aliphatic carbocycles. The molecule has 2 aromatic rings. The summed E-state index contributed by atoms with van der Waals surface area (Å²) in [7, 11) is 1.64. The molecule has 0 bridgehead atoms. The Hall–Kier alpha value is -1.92. The van der Waals surface area contributed by atoms with Crippen LogP contribution >= 0.6 is 0 Å². The van der Waals surface area contributed by atoms with Crippen molar-refractivity contribution in [3.63, 3.8) is 0 Å². The maximum absolute atomic E-state index is 13.9. The van der Waals surface area contributed by atoms with Gasteiger partial charge in [0, 0.05) is 26.3 Å². The Kier molecular flexibility index (Phi) is 5.71. The fraction of sp³-hybridized carbons (Fsp3) is 0.400. The zero-order valence-corrected chi connectivity index (χ0v) is 12.2. The largest absolute Gasteiger partial charge is 0.482 e. The van der Waals surface area contributed by atoms with Gasteiger partial charge < -0.3 is 19.3 Å². The molecule has 0 unspecified atom stereocenters. The van der Waals surface area contributed by atoms with E-state index in [1.54, 1.807) is 19.2 Å². The Balaban J connectivity index is 1.86. The summed E-state index contributed by atoms with van der Waals surface area (Å²) in [5, 5.41) is 6.90. The van der Waals surface area contributed by atoms with Crippen molar-refractivity contribution >= 4 is 0 Å². The smallest absolute Gasteiger partial charge is 0.174 e. The predicted molar refractivity (Wildman–Crippen MR) is 75.6 cm³/mol. The van der Waals surface area contributed by atoms with Crippen LogP contribution in [0.25, 0.3) is 0 Å². The Labute approximate surface area is 123 Å². The van der Waals surface area contributed by atoms with E-state index in [1.165, 1.54) is 6.07 Å². The minimum atomic E-state index is -0.391. The van der Waals surface area contributed by atoms with Crippen LogP contribution in [0.1, 0.15) is 17.0 Å². The molecule has 1 N–H and O–H groups in total. The van der Waals surface area contributed by atoms with Crippen LogP contribution in [0, 0.1) is 12.7 Å². The number of hydrogen-bond donors (Lipinski definition) is 1. The first-order valence-corrected chi connectivity index (χ1v) is 6.72. The molecule has 6 heteroatoms. The number of halogens is 1. The van der Waals surface area contributed by atoms with E-state index in [1.807, 2.05) is 13.0 Å². The molecule has 0 spiro atoms. The molecule has 5 nitrogen and oxygen atoms in total. The number of aryl methyl sites for hydroxylation is 1. The van der Waals surface area contributed by atoms with Crippen molar-refractivity contribution in [2.45, 2.75) is 20.1 Å². The molecule has 1 aromatic heterocycles. The maximum atomic E-state index is 13.9. The third-order valence-electron chi connectivity index (χ3n) is 2.86. The number of nitrogens with zero attached hydrogens (tertiary/aromatic N) is 1. The zero-order chi connectivity index (χ0) is 15.1. The van der Waals surface area contributed by atoms with E-state index >= 15 is 0 Å². The predicted octanol–water partition coefficient (Wildman–Crippen LogP) is 2.44. The van der Waals surface area contributed by atoms with Crippen molar-refractivity contribution in [1.29, 1.82) is 0 Å². The van der Waals surface area contributed by atoms with Gasteiger partial charge in [0.15, 0.2) is 17.3 Å². The highest BCUT2D eigenvalue weighted by atomic mass is 19.1. The van der Waals surface area contributed by atoms with E-state index in [0.29, 0.717) is 18.9 Å². The van der Waals surface area contributed by atoms with Crippen LogP contribution in [0.5, 0.6) is 5.75 Å².